The quantitative estimate of drug-likeness (QED) is 0.288. The number of sulfonamides is 1. The van der Waals surface area contributed by atoms with Crippen LogP contribution in [0.1, 0.15) is 61.6 Å². The van der Waals surface area contributed by atoms with E-state index in [2.05, 4.69) is 11.6 Å². The normalized spacial score (nSPS) is 11.5. The van der Waals surface area contributed by atoms with E-state index in [1.807, 2.05) is 0 Å². The summed E-state index contributed by atoms with van der Waals surface area (Å²) in [6.07, 6.45) is 6.64. The third-order valence-electron chi connectivity index (χ3n) is 5.10. The number of furan rings is 1. The lowest BCUT2D eigenvalue weighted by molar-refractivity contribution is 0.0497. The molecule has 2 aromatic carbocycles. The first-order valence-electron chi connectivity index (χ1n) is 10.7. The van der Waals surface area contributed by atoms with Gasteiger partial charge in [-0.2, -0.15) is 0 Å². The maximum absolute atomic E-state index is 12.7. The van der Waals surface area contributed by atoms with Gasteiger partial charge < -0.3 is 9.15 Å². The van der Waals surface area contributed by atoms with Crippen LogP contribution < -0.4 is 4.72 Å². The van der Waals surface area contributed by atoms with Gasteiger partial charge in [0.05, 0.1) is 11.5 Å². The fourth-order valence-corrected chi connectivity index (χ4v) is 4.54. The Balaban J connectivity index is 1.71. The highest BCUT2D eigenvalue weighted by Crippen LogP contribution is 2.30. The maximum atomic E-state index is 12.7. The number of benzene rings is 2. The first-order chi connectivity index (χ1) is 14.9. The Labute approximate surface area is 183 Å². The standard InChI is InChI=1S/C24H29NO5S/c1-3-4-5-6-7-11-16-29-24(26)23-18(2)30-22-15-14-19(17-21(22)23)25-31(27,28)20-12-9-8-10-13-20/h8-10,12-15,17,25H,3-7,11,16H2,1-2H3. The van der Waals surface area contributed by atoms with Crippen LogP contribution >= 0.6 is 0 Å². The monoisotopic (exact) mass is 443 g/mol. The van der Waals surface area contributed by atoms with Gasteiger partial charge in [0.1, 0.15) is 16.9 Å². The van der Waals surface area contributed by atoms with Gasteiger partial charge in [0.2, 0.25) is 0 Å². The smallest absolute Gasteiger partial charge is 0.342 e. The SMILES string of the molecule is CCCCCCCCOC(=O)c1c(C)oc2ccc(NS(=O)(=O)c3ccccc3)cc12. The zero-order valence-corrected chi connectivity index (χ0v) is 18.8. The molecule has 166 valence electrons. The summed E-state index contributed by atoms with van der Waals surface area (Å²) in [5.74, 6) is -0.00103. The zero-order chi connectivity index (χ0) is 22.3. The summed E-state index contributed by atoms with van der Waals surface area (Å²) in [5, 5.41) is 0.527. The van der Waals surface area contributed by atoms with E-state index in [4.69, 9.17) is 9.15 Å². The Morgan fingerprint density at radius 1 is 1.00 bits per heavy atom. The number of anilines is 1. The Morgan fingerprint density at radius 2 is 1.71 bits per heavy atom. The van der Waals surface area contributed by atoms with E-state index in [-0.39, 0.29) is 4.90 Å². The average Bonchev–Trinajstić information content (AvgIpc) is 3.08. The number of carbonyl (C=O) groups excluding carboxylic acids is 1. The highest BCUT2D eigenvalue weighted by Gasteiger charge is 2.21. The number of fused-ring (bicyclic) bond motifs is 1. The summed E-state index contributed by atoms with van der Waals surface area (Å²) < 4.78 is 38.9. The van der Waals surface area contributed by atoms with Crippen LogP contribution in [0.3, 0.4) is 0 Å². The number of nitrogens with one attached hydrogen (secondary N) is 1. The first-order valence-corrected chi connectivity index (χ1v) is 12.2. The predicted octanol–water partition coefficient (Wildman–Crippen LogP) is 6.06. The molecule has 0 amide bonds. The average molecular weight is 444 g/mol. The number of ether oxygens (including phenoxy) is 1. The van der Waals surface area contributed by atoms with Crippen molar-refractivity contribution in [2.24, 2.45) is 0 Å². The third kappa shape index (κ3) is 5.88. The summed E-state index contributed by atoms with van der Waals surface area (Å²) in [4.78, 5) is 12.8. The fourth-order valence-electron chi connectivity index (χ4n) is 3.47. The molecular formula is C24H29NO5S. The minimum absolute atomic E-state index is 0.164. The van der Waals surface area contributed by atoms with Crippen molar-refractivity contribution < 1.29 is 22.4 Å². The molecule has 6 nitrogen and oxygen atoms in total. The van der Waals surface area contributed by atoms with Crippen molar-refractivity contribution in [3.05, 3.63) is 59.9 Å². The van der Waals surface area contributed by atoms with E-state index in [1.54, 1.807) is 43.3 Å². The molecule has 0 radical (unpaired) electrons. The van der Waals surface area contributed by atoms with Crippen molar-refractivity contribution in [2.75, 3.05) is 11.3 Å². The summed E-state index contributed by atoms with van der Waals surface area (Å²) in [5.41, 5.74) is 1.19. The van der Waals surface area contributed by atoms with E-state index < -0.39 is 16.0 Å². The molecule has 0 fully saturated rings. The fraction of sp³-hybridized carbons (Fsp3) is 0.375. The molecule has 0 saturated carbocycles. The molecule has 3 aromatic rings. The van der Waals surface area contributed by atoms with E-state index in [0.29, 0.717) is 34.6 Å². The molecule has 0 spiro atoms. The van der Waals surface area contributed by atoms with Crippen molar-refractivity contribution in [3.63, 3.8) is 0 Å². The van der Waals surface area contributed by atoms with Gasteiger partial charge >= 0.3 is 5.97 Å². The molecule has 0 bridgehead atoms. The number of unbranched alkanes of at least 4 members (excludes halogenated alkanes) is 5. The highest BCUT2D eigenvalue weighted by atomic mass is 32.2. The van der Waals surface area contributed by atoms with Gasteiger partial charge in [-0.25, -0.2) is 13.2 Å². The van der Waals surface area contributed by atoms with Crippen molar-refractivity contribution in [2.45, 2.75) is 57.3 Å². The van der Waals surface area contributed by atoms with Crippen LogP contribution in [0, 0.1) is 6.92 Å². The molecule has 1 aromatic heterocycles. The summed E-state index contributed by atoms with van der Waals surface area (Å²) >= 11 is 0. The number of aryl methyl sites for hydroxylation is 1. The first kappa shape index (κ1) is 22.9. The van der Waals surface area contributed by atoms with E-state index in [9.17, 15) is 13.2 Å². The maximum Gasteiger partial charge on any atom is 0.342 e. The highest BCUT2D eigenvalue weighted by molar-refractivity contribution is 7.92. The van der Waals surface area contributed by atoms with Gasteiger partial charge in [-0.05, 0) is 43.7 Å². The molecule has 3 rings (SSSR count). The molecule has 7 heteroatoms. The van der Waals surface area contributed by atoms with Crippen molar-refractivity contribution in [1.29, 1.82) is 0 Å². The molecular weight excluding hydrogens is 414 g/mol. The van der Waals surface area contributed by atoms with Crippen molar-refractivity contribution in [1.82, 2.24) is 0 Å². The topological polar surface area (TPSA) is 85.6 Å². The van der Waals surface area contributed by atoms with Gasteiger partial charge in [-0.3, -0.25) is 4.72 Å². The number of hydrogen-bond acceptors (Lipinski definition) is 5. The van der Waals surface area contributed by atoms with Crippen LogP contribution in [0.2, 0.25) is 0 Å². The summed E-state index contributed by atoms with van der Waals surface area (Å²) in [7, 11) is -3.73. The zero-order valence-electron chi connectivity index (χ0n) is 18.0. The van der Waals surface area contributed by atoms with Crippen LogP contribution in [-0.4, -0.2) is 21.0 Å². The van der Waals surface area contributed by atoms with Crippen LogP contribution in [-0.2, 0) is 14.8 Å². The van der Waals surface area contributed by atoms with Gasteiger partial charge in [0.25, 0.3) is 10.0 Å². The van der Waals surface area contributed by atoms with Crippen LogP contribution in [0.5, 0.6) is 0 Å². The van der Waals surface area contributed by atoms with E-state index in [0.717, 1.165) is 19.3 Å². The van der Waals surface area contributed by atoms with Gasteiger partial charge in [0, 0.05) is 11.1 Å². The Kier molecular flexibility index (Phi) is 7.74. The molecule has 1 heterocycles. The molecule has 0 aliphatic carbocycles. The van der Waals surface area contributed by atoms with Crippen LogP contribution in [0.15, 0.2) is 57.8 Å². The number of rotatable bonds is 11. The summed E-state index contributed by atoms with van der Waals surface area (Å²) in [6, 6.07) is 13.0. The third-order valence-corrected chi connectivity index (χ3v) is 6.50. The van der Waals surface area contributed by atoms with Gasteiger partial charge in [0.15, 0.2) is 0 Å². The van der Waals surface area contributed by atoms with Crippen LogP contribution in [0.25, 0.3) is 11.0 Å². The summed E-state index contributed by atoms with van der Waals surface area (Å²) in [6.45, 7) is 4.24. The molecule has 0 aliphatic rings. The molecule has 0 unspecified atom stereocenters. The van der Waals surface area contributed by atoms with Crippen LogP contribution in [0.4, 0.5) is 5.69 Å². The number of hydrogen-bond donors (Lipinski definition) is 1. The second-order valence-electron chi connectivity index (χ2n) is 7.57. The number of esters is 1. The van der Waals surface area contributed by atoms with Gasteiger partial charge in [-0.1, -0.05) is 57.2 Å². The molecule has 1 N–H and O–H groups in total. The molecule has 0 atom stereocenters. The predicted molar refractivity (Wildman–Crippen MR) is 122 cm³/mol. The lowest BCUT2D eigenvalue weighted by Crippen LogP contribution is -2.12. The lowest BCUT2D eigenvalue weighted by atomic mass is 10.1. The second-order valence-corrected chi connectivity index (χ2v) is 9.25. The molecule has 31 heavy (non-hydrogen) atoms. The van der Waals surface area contributed by atoms with Crippen molar-refractivity contribution >= 4 is 32.6 Å². The van der Waals surface area contributed by atoms with Gasteiger partial charge in [-0.15, -0.1) is 0 Å². The minimum Gasteiger partial charge on any atom is -0.462 e. The largest absolute Gasteiger partial charge is 0.462 e. The van der Waals surface area contributed by atoms with E-state index >= 15 is 0 Å². The second kappa shape index (κ2) is 10.5. The molecule has 0 saturated heterocycles. The Hall–Kier alpha value is -2.80. The molecule has 0 aliphatic heterocycles. The Morgan fingerprint density at radius 3 is 2.45 bits per heavy atom. The lowest BCUT2D eigenvalue weighted by Gasteiger charge is -2.08. The Bertz CT molecular complexity index is 1120. The minimum atomic E-state index is -3.73. The van der Waals surface area contributed by atoms with E-state index in [1.165, 1.54) is 31.4 Å². The number of carbonyl (C=O) groups is 1. The van der Waals surface area contributed by atoms with Crippen molar-refractivity contribution in [3.8, 4) is 0 Å².